The van der Waals surface area contributed by atoms with Gasteiger partial charge in [-0.2, -0.15) is 0 Å². The highest BCUT2D eigenvalue weighted by Gasteiger charge is 2.23. The van der Waals surface area contributed by atoms with Crippen molar-refractivity contribution in [3.63, 3.8) is 0 Å². The van der Waals surface area contributed by atoms with Gasteiger partial charge in [0.05, 0.1) is 6.42 Å². The number of likely N-dealkylation sites (tertiary alicyclic amines) is 1. The molecule has 1 saturated heterocycles. The molecular formula is C17H24ClN3O2. The molecule has 1 amide bonds. The minimum Gasteiger partial charge on any atom is -0.356 e. The van der Waals surface area contributed by atoms with E-state index in [4.69, 9.17) is 4.52 Å². The van der Waals surface area contributed by atoms with Gasteiger partial charge in [0.25, 0.3) is 0 Å². The van der Waals surface area contributed by atoms with Crippen LogP contribution >= 0.6 is 12.4 Å². The number of carbonyl (C=O) groups excluding carboxylic acids is 1. The van der Waals surface area contributed by atoms with Gasteiger partial charge in [-0.25, -0.2) is 0 Å². The van der Waals surface area contributed by atoms with Crippen molar-refractivity contribution in [2.45, 2.75) is 26.2 Å². The van der Waals surface area contributed by atoms with Crippen molar-refractivity contribution in [2.24, 2.45) is 5.92 Å². The summed E-state index contributed by atoms with van der Waals surface area (Å²) in [6, 6.07) is 7.69. The van der Waals surface area contributed by atoms with E-state index in [1.54, 1.807) is 0 Å². The Morgan fingerprint density at radius 2 is 2.09 bits per heavy atom. The third kappa shape index (κ3) is 4.24. The average Bonchev–Trinajstić information content (AvgIpc) is 2.96. The number of amides is 1. The van der Waals surface area contributed by atoms with Crippen LogP contribution in [0.15, 0.2) is 28.8 Å². The maximum atomic E-state index is 12.5. The second kappa shape index (κ2) is 8.31. The summed E-state index contributed by atoms with van der Waals surface area (Å²) in [5.41, 5.74) is 1.49. The van der Waals surface area contributed by atoms with E-state index in [1.807, 2.05) is 29.2 Å². The Balaban J connectivity index is 0.00000192. The number of aromatic nitrogens is 1. The lowest BCUT2D eigenvalue weighted by Crippen LogP contribution is -2.41. The lowest BCUT2D eigenvalue weighted by atomic mass is 9.96. The maximum absolute atomic E-state index is 12.5. The number of rotatable bonds is 5. The van der Waals surface area contributed by atoms with Crippen molar-refractivity contribution in [2.75, 3.05) is 26.2 Å². The lowest BCUT2D eigenvalue weighted by Gasteiger charge is -2.32. The number of carbonyl (C=O) groups is 1. The molecule has 6 heteroatoms. The number of nitrogens with one attached hydrogen (secondary N) is 1. The maximum Gasteiger partial charge on any atom is 0.228 e. The fourth-order valence-corrected chi connectivity index (χ4v) is 3.06. The molecule has 126 valence electrons. The van der Waals surface area contributed by atoms with Gasteiger partial charge in [0.15, 0.2) is 5.58 Å². The van der Waals surface area contributed by atoms with Crippen molar-refractivity contribution >= 4 is 29.3 Å². The molecule has 23 heavy (non-hydrogen) atoms. The molecule has 0 bridgehead atoms. The lowest BCUT2D eigenvalue weighted by molar-refractivity contribution is -0.131. The van der Waals surface area contributed by atoms with Crippen molar-refractivity contribution in [1.29, 1.82) is 0 Å². The quantitative estimate of drug-likeness (QED) is 0.911. The van der Waals surface area contributed by atoms with E-state index >= 15 is 0 Å². The Hall–Kier alpha value is -1.59. The van der Waals surface area contributed by atoms with Gasteiger partial charge in [-0.05, 0) is 44.0 Å². The van der Waals surface area contributed by atoms with Gasteiger partial charge in [-0.15, -0.1) is 12.4 Å². The predicted octanol–water partition coefficient (Wildman–Crippen LogP) is 2.64. The molecule has 0 radical (unpaired) electrons. The highest BCUT2D eigenvalue weighted by molar-refractivity contribution is 5.86. The van der Waals surface area contributed by atoms with E-state index in [-0.39, 0.29) is 18.3 Å². The largest absolute Gasteiger partial charge is 0.356 e. The topological polar surface area (TPSA) is 58.4 Å². The molecule has 0 unspecified atom stereocenters. The summed E-state index contributed by atoms with van der Waals surface area (Å²) < 4.78 is 5.27. The van der Waals surface area contributed by atoms with Crippen LogP contribution in [0.25, 0.3) is 11.0 Å². The van der Waals surface area contributed by atoms with Crippen LogP contribution in [0.3, 0.4) is 0 Å². The first-order chi connectivity index (χ1) is 10.8. The minimum atomic E-state index is 0. The second-order valence-electron chi connectivity index (χ2n) is 5.93. The smallest absolute Gasteiger partial charge is 0.228 e. The molecule has 1 N–H and O–H groups in total. The summed E-state index contributed by atoms with van der Waals surface area (Å²) in [5.74, 6) is 0.845. The zero-order chi connectivity index (χ0) is 15.4. The SMILES string of the molecule is CCNCC1CCN(C(=O)Cc2noc3ccccc23)CC1.Cl. The molecule has 3 rings (SSSR count). The first-order valence-corrected chi connectivity index (χ1v) is 8.09. The van der Waals surface area contributed by atoms with E-state index in [0.29, 0.717) is 12.3 Å². The normalized spacial score (nSPS) is 15.6. The molecule has 1 aliphatic rings. The molecule has 0 saturated carbocycles. The van der Waals surface area contributed by atoms with Crippen molar-refractivity contribution in [3.8, 4) is 0 Å². The van der Waals surface area contributed by atoms with E-state index in [2.05, 4.69) is 17.4 Å². The Morgan fingerprint density at radius 1 is 1.35 bits per heavy atom. The number of benzene rings is 1. The molecule has 1 fully saturated rings. The fourth-order valence-electron chi connectivity index (χ4n) is 3.06. The number of hydrogen-bond acceptors (Lipinski definition) is 4. The van der Waals surface area contributed by atoms with Crippen LogP contribution in [0.4, 0.5) is 0 Å². The molecular weight excluding hydrogens is 314 g/mol. The molecule has 0 spiro atoms. The van der Waals surface area contributed by atoms with Crippen LogP contribution in [-0.2, 0) is 11.2 Å². The Kier molecular flexibility index (Phi) is 6.42. The van der Waals surface area contributed by atoms with Crippen LogP contribution in [0, 0.1) is 5.92 Å². The minimum absolute atomic E-state index is 0. The average molecular weight is 338 g/mol. The van der Waals surface area contributed by atoms with Gasteiger partial charge in [-0.1, -0.05) is 24.2 Å². The number of fused-ring (bicyclic) bond motifs is 1. The number of hydrogen-bond donors (Lipinski definition) is 1. The first-order valence-electron chi connectivity index (χ1n) is 8.09. The molecule has 1 aliphatic heterocycles. The van der Waals surface area contributed by atoms with Crippen LogP contribution in [-0.4, -0.2) is 42.1 Å². The summed E-state index contributed by atoms with van der Waals surface area (Å²) in [4.78, 5) is 14.4. The van der Waals surface area contributed by atoms with Crippen LogP contribution in [0.1, 0.15) is 25.5 Å². The Bertz CT molecular complexity index is 636. The molecule has 0 atom stereocenters. The zero-order valence-corrected chi connectivity index (χ0v) is 14.3. The Morgan fingerprint density at radius 3 is 2.83 bits per heavy atom. The van der Waals surface area contributed by atoms with Gasteiger partial charge in [0.2, 0.25) is 5.91 Å². The van der Waals surface area contributed by atoms with Crippen LogP contribution in [0.5, 0.6) is 0 Å². The van der Waals surface area contributed by atoms with Gasteiger partial charge in [0, 0.05) is 18.5 Å². The van der Waals surface area contributed by atoms with Crippen LogP contribution in [0.2, 0.25) is 0 Å². The van der Waals surface area contributed by atoms with Gasteiger partial charge < -0.3 is 14.7 Å². The predicted molar refractivity (Wildman–Crippen MR) is 92.8 cm³/mol. The molecule has 0 aliphatic carbocycles. The Labute approximate surface area is 142 Å². The molecule has 2 aromatic rings. The standard InChI is InChI=1S/C17H23N3O2.ClH/c1-2-18-12-13-7-9-20(10-8-13)17(21)11-15-14-5-3-4-6-16(14)22-19-15;/h3-6,13,18H,2,7-12H2,1H3;1H. The van der Waals surface area contributed by atoms with Crippen molar-refractivity contribution in [1.82, 2.24) is 15.4 Å². The molecule has 5 nitrogen and oxygen atoms in total. The number of halogens is 1. The van der Waals surface area contributed by atoms with Gasteiger partial charge in [-0.3, -0.25) is 4.79 Å². The summed E-state index contributed by atoms with van der Waals surface area (Å²) in [6.45, 7) is 5.90. The molecule has 2 heterocycles. The number of nitrogens with zero attached hydrogens (tertiary/aromatic N) is 2. The summed E-state index contributed by atoms with van der Waals surface area (Å²) in [7, 11) is 0. The zero-order valence-electron chi connectivity index (χ0n) is 13.5. The van der Waals surface area contributed by atoms with Crippen LogP contribution < -0.4 is 5.32 Å². The summed E-state index contributed by atoms with van der Waals surface area (Å²) in [6.07, 6.45) is 2.49. The van der Waals surface area contributed by atoms with Crippen molar-refractivity contribution in [3.05, 3.63) is 30.0 Å². The van der Waals surface area contributed by atoms with E-state index in [9.17, 15) is 4.79 Å². The highest BCUT2D eigenvalue weighted by Crippen LogP contribution is 2.21. The van der Waals surface area contributed by atoms with Crippen molar-refractivity contribution < 1.29 is 9.32 Å². The summed E-state index contributed by atoms with van der Waals surface area (Å²) >= 11 is 0. The monoisotopic (exact) mass is 337 g/mol. The fraction of sp³-hybridized carbons (Fsp3) is 0.529. The van der Waals surface area contributed by atoms with Gasteiger partial charge >= 0.3 is 0 Å². The highest BCUT2D eigenvalue weighted by atomic mass is 35.5. The van der Waals surface area contributed by atoms with E-state index in [1.165, 1.54) is 0 Å². The van der Waals surface area contributed by atoms with E-state index < -0.39 is 0 Å². The number of piperidine rings is 1. The van der Waals surface area contributed by atoms with E-state index in [0.717, 1.165) is 55.7 Å². The van der Waals surface area contributed by atoms with Gasteiger partial charge in [0.1, 0.15) is 5.69 Å². The second-order valence-corrected chi connectivity index (χ2v) is 5.93. The first kappa shape index (κ1) is 17.8. The molecule has 1 aromatic carbocycles. The number of para-hydroxylation sites is 1. The third-order valence-corrected chi connectivity index (χ3v) is 4.42. The summed E-state index contributed by atoms with van der Waals surface area (Å²) in [5, 5.41) is 8.39. The third-order valence-electron chi connectivity index (χ3n) is 4.42. The molecule has 1 aromatic heterocycles.